The number of carbonyl (C=O) groups is 2. The van der Waals surface area contributed by atoms with Crippen LogP contribution >= 0.6 is 0 Å². The molecule has 28 heavy (non-hydrogen) atoms. The van der Waals surface area contributed by atoms with E-state index >= 15 is 0 Å². The fourth-order valence-electron chi connectivity index (χ4n) is 3.44. The first-order chi connectivity index (χ1) is 13.4. The highest BCUT2D eigenvalue weighted by Gasteiger charge is 2.32. The van der Waals surface area contributed by atoms with Gasteiger partial charge in [0.25, 0.3) is 0 Å². The van der Waals surface area contributed by atoms with E-state index in [2.05, 4.69) is 10.2 Å². The minimum absolute atomic E-state index is 0.0305. The highest BCUT2D eigenvalue weighted by molar-refractivity contribution is 5.93. The molecule has 0 radical (unpaired) electrons. The molecular weight excluding hydrogens is 359 g/mol. The Morgan fingerprint density at radius 1 is 1.14 bits per heavy atom. The van der Waals surface area contributed by atoms with Gasteiger partial charge in [-0.25, -0.2) is 4.39 Å². The molecule has 3 rings (SSSR count). The molecule has 0 aliphatic carbocycles. The van der Waals surface area contributed by atoms with Crippen LogP contribution in [0.25, 0.3) is 0 Å². The van der Waals surface area contributed by atoms with Crippen LogP contribution in [0.15, 0.2) is 48.5 Å². The van der Waals surface area contributed by atoms with E-state index in [1.807, 2.05) is 30.3 Å². The summed E-state index contributed by atoms with van der Waals surface area (Å²) in [6, 6.07) is 14.0. The topological polar surface area (TPSA) is 78.7 Å². The van der Waals surface area contributed by atoms with Gasteiger partial charge in [0.15, 0.2) is 0 Å². The van der Waals surface area contributed by atoms with E-state index in [1.165, 1.54) is 11.6 Å². The molecule has 0 aromatic heterocycles. The number of primary amides is 1. The maximum absolute atomic E-state index is 13.6. The summed E-state index contributed by atoms with van der Waals surface area (Å²) < 4.78 is 13.6. The number of hydrogen-bond donors (Lipinski definition) is 2. The number of amides is 2. The Morgan fingerprint density at radius 2 is 1.89 bits per heavy atom. The molecule has 148 valence electrons. The molecule has 0 bridgehead atoms. The maximum Gasteiger partial charge on any atom is 0.238 e. The molecule has 1 heterocycles. The zero-order valence-electron chi connectivity index (χ0n) is 15.9. The number of anilines is 1. The fraction of sp³-hybridized carbons (Fsp3) is 0.333. The van der Waals surface area contributed by atoms with Crippen LogP contribution in [-0.2, 0) is 16.1 Å². The third-order valence-electron chi connectivity index (χ3n) is 5.04. The number of carbonyl (C=O) groups excluding carboxylic acids is 2. The van der Waals surface area contributed by atoms with Crippen LogP contribution < -0.4 is 11.1 Å². The summed E-state index contributed by atoms with van der Waals surface area (Å²) in [7, 11) is 0. The predicted molar refractivity (Wildman–Crippen MR) is 106 cm³/mol. The number of nitrogens with two attached hydrogens (primary N) is 1. The average Bonchev–Trinajstić information content (AvgIpc) is 2.67. The summed E-state index contributed by atoms with van der Waals surface area (Å²) in [4.78, 5) is 28.4. The third-order valence-corrected chi connectivity index (χ3v) is 5.04. The smallest absolute Gasteiger partial charge is 0.238 e. The molecule has 6 nitrogen and oxygen atoms in total. The van der Waals surface area contributed by atoms with E-state index in [0.717, 1.165) is 13.1 Å². The van der Waals surface area contributed by atoms with Gasteiger partial charge in [-0.15, -0.1) is 0 Å². The fourth-order valence-corrected chi connectivity index (χ4v) is 3.44. The van der Waals surface area contributed by atoms with Crippen molar-refractivity contribution in [3.05, 3.63) is 65.5 Å². The lowest BCUT2D eigenvalue weighted by Crippen LogP contribution is -2.59. The summed E-state index contributed by atoms with van der Waals surface area (Å²) in [6.45, 7) is 4.12. The van der Waals surface area contributed by atoms with Gasteiger partial charge in [-0.2, -0.15) is 0 Å². The summed E-state index contributed by atoms with van der Waals surface area (Å²) >= 11 is 0. The van der Waals surface area contributed by atoms with Crippen molar-refractivity contribution in [2.75, 3.05) is 31.5 Å². The first-order valence-electron chi connectivity index (χ1n) is 9.28. The Labute approximate surface area is 164 Å². The standard InChI is InChI=1S/C21H25FN4O2/c1-15-17(22)8-5-9-18(15)24-20(27)14-26-11-10-25(13-19(26)21(23)28)12-16-6-3-2-4-7-16/h2-9,19H,10-14H2,1H3,(H2,23,28)(H,24,27)/t19-/m1/s1. The quantitative estimate of drug-likeness (QED) is 0.795. The zero-order valence-corrected chi connectivity index (χ0v) is 15.9. The van der Waals surface area contributed by atoms with Crippen LogP contribution in [0.3, 0.4) is 0 Å². The number of piperazine rings is 1. The molecule has 1 aliphatic rings. The van der Waals surface area contributed by atoms with Crippen molar-refractivity contribution in [2.45, 2.75) is 19.5 Å². The highest BCUT2D eigenvalue weighted by Crippen LogP contribution is 2.18. The van der Waals surface area contributed by atoms with Gasteiger partial charge in [0.2, 0.25) is 11.8 Å². The molecule has 1 atom stereocenters. The van der Waals surface area contributed by atoms with Crippen molar-refractivity contribution < 1.29 is 14.0 Å². The van der Waals surface area contributed by atoms with Crippen LogP contribution in [0.5, 0.6) is 0 Å². The van der Waals surface area contributed by atoms with E-state index in [1.54, 1.807) is 24.0 Å². The summed E-state index contributed by atoms with van der Waals surface area (Å²) in [6.07, 6.45) is 0. The molecule has 0 spiro atoms. The zero-order chi connectivity index (χ0) is 20.1. The van der Waals surface area contributed by atoms with Gasteiger partial charge in [0.1, 0.15) is 11.9 Å². The Hall–Kier alpha value is -2.77. The van der Waals surface area contributed by atoms with Crippen molar-refractivity contribution in [3.63, 3.8) is 0 Å². The maximum atomic E-state index is 13.6. The van der Waals surface area contributed by atoms with Crippen LogP contribution in [-0.4, -0.2) is 53.8 Å². The minimum atomic E-state index is -0.545. The molecule has 0 unspecified atom stereocenters. The molecule has 2 aromatic rings. The second-order valence-electron chi connectivity index (χ2n) is 7.07. The van der Waals surface area contributed by atoms with Crippen molar-refractivity contribution >= 4 is 17.5 Å². The Bertz CT molecular complexity index is 844. The lowest BCUT2D eigenvalue weighted by atomic mass is 10.1. The van der Waals surface area contributed by atoms with Gasteiger partial charge in [-0.05, 0) is 24.6 Å². The van der Waals surface area contributed by atoms with Crippen molar-refractivity contribution in [3.8, 4) is 0 Å². The van der Waals surface area contributed by atoms with Crippen molar-refractivity contribution in [1.29, 1.82) is 0 Å². The molecule has 1 saturated heterocycles. The monoisotopic (exact) mass is 384 g/mol. The number of benzene rings is 2. The van der Waals surface area contributed by atoms with Gasteiger partial charge >= 0.3 is 0 Å². The highest BCUT2D eigenvalue weighted by atomic mass is 19.1. The Kier molecular flexibility index (Phi) is 6.38. The Balaban J connectivity index is 1.61. The largest absolute Gasteiger partial charge is 0.368 e. The molecular formula is C21H25FN4O2. The molecule has 3 N–H and O–H groups in total. The second kappa shape index (κ2) is 8.95. The van der Waals surface area contributed by atoms with E-state index in [0.29, 0.717) is 24.3 Å². The molecule has 2 aromatic carbocycles. The first kappa shape index (κ1) is 20.0. The molecule has 1 fully saturated rings. The van der Waals surface area contributed by atoms with E-state index in [9.17, 15) is 14.0 Å². The molecule has 1 aliphatic heterocycles. The lowest BCUT2D eigenvalue weighted by molar-refractivity contribution is -0.127. The number of rotatable bonds is 6. The van der Waals surface area contributed by atoms with Gasteiger partial charge in [-0.1, -0.05) is 36.4 Å². The summed E-state index contributed by atoms with van der Waals surface area (Å²) in [5, 5.41) is 2.72. The van der Waals surface area contributed by atoms with Gasteiger partial charge in [-0.3, -0.25) is 19.4 Å². The first-order valence-corrected chi connectivity index (χ1v) is 9.28. The third kappa shape index (κ3) is 4.94. The van der Waals surface area contributed by atoms with Crippen LogP contribution in [0.2, 0.25) is 0 Å². The second-order valence-corrected chi connectivity index (χ2v) is 7.07. The summed E-state index contributed by atoms with van der Waals surface area (Å²) in [5.74, 6) is -1.12. The summed E-state index contributed by atoms with van der Waals surface area (Å²) in [5.41, 5.74) is 7.58. The van der Waals surface area contributed by atoms with Crippen molar-refractivity contribution in [1.82, 2.24) is 9.80 Å². The molecule has 2 amide bonds. The molecule has 0 saturated carbocycles. The van der Waals surface area contributed by atoms with Crippen LogP contribution in [0, 0.1) is 12.7 Å². The minimum Gasteiger partial charge on any atom is -0.368 e. The van der Waals surface area contributed by atoms with Crippen LogP contribution in [0.4, 0.5) is 10.1 Å². The lowest BCUT2D eigenvalue weighted by Gasteiger charge is -2.39. The van der Waals surface area contributed by atoms with E-state index in [4.69, 9.17) is 5.73 Å². The normalized spacial score (nSPS) is 18.0. The Morgan fingerprint density at radius 3 is 2.61 bits per heavy atom. The van der Waals surface area contributed by atoms with Gasteiger partial charge in [0.05, 0.1) is 6.54 Å². The van der Waals surface area contributed by atoms with Crippen molar-refractivity contribution in [2.24, 2.45) is 5.73 Å². The number of hydrogen-bond acceptors (Lipinski definition) is 4. The molecule has 7 heteroatoms. The van der Waals surface area contributed by atoms with E-state index < -0.39 is 11.9 Å². The number of nitrogens with zero attached hydrogens (tertiary/aromatic N) is 2. The van der Waals surface area contributed by atoms with E-state index in [-0.39, 0.29) is 18.3 Å². The van der Waals surface area contributed by atoms with Crippen LogP contribution in [0.1, 0.15) is 11.1 Å². The SMILES string of the molecule is Cc1c(F)cccc1NC(=O)CN1CCN(Cc2ccccc2)C[C@@H]1C(N)=O. The predicted octanol–water partition coefficient (Wildman–Crippen LogP) is 1.74. The van der Waals surface area contributed by atoms with Gasteiger partial charge < -0.3 is 11.1 Å². The number of halogens is 1. The average molecular weight is 384 g/mol. The van der Waals surface area contributed by atoms with Gasteiger partial charge in [0, 0.05) is 37.4 Å². The number of nitrogens with one attached hydrogen (secondary N) is 1.